The van der Waals surface area contributed by atoms with E-state index in [1.165, 1.54) is 6.26 Å². The molecule has 0 aliphatic carbocycles. The zero-order valence-electron chi connectivity index (χ0n) is 9.50. The van der Waals surface area contributed by atoms with Crippen molar-refractivity contribution in [1.82, 2.24) is 0 Å². The Bertz CT molecular complexity index is 513. The van der Waals surface area contributed by atoms with E-state index in [0.29, 0.717) is 5.76 Å². The van der Waals surface area contributed by atoms with Crippen LogP contribution in [0.3, 0.4) is 0 Å². The first kappa shape index (κ1) is 11.4. The summed E-state index contributed by atoms with van der Waals surface area (Å²) in [6.07, 6.45) is 0.506. The summed E-state index contributed by atoms with van der Waals surface area (Å²) >= 11 is 0. The van der Waals surface area contributed by atoms with Crippen LogP contribution in [0.4, 0.5) is 0 Å². The molecule has 2 aromatic rings. The number of nitriles is 1. The fourth-order valence-electron chi connectivity index (χ4n) is 1.80. The van der Waals surface area contributed by atoms with Crippen LogP contribution in [0.2, 0.25) is 0 Å². The van der Waals surface area contributed by atoms with Crippen molar-refractivity contribution in [3.63, 3.8) is 0 Å². The third-order valence-corrected chi connectivity index (χ3v) is 2.97. The van der Waals surface area contributed by atoms with Gasteiger partial charge in [-0.15, -0.1) is 0 Å². The molecule has 0 spiro atoms. The molecule has 3 heteroatoms. The maximum atomic E-state index is 10.3. The van der Waals surface area contributed by atoms with Crippen LogP contribution in [0.5, 0.6) is 0 Å². The van der Waals surface area contributed by atoms with Crippen molar-refractivity contribution >= 4 is 0 Å². The molecule has 0 fully saturated rings. The maximum absolute atomic E-state index is 10.3. The van der Waals surface area contributed by atoms with Crippen LogP contribution >= 0.6 is 0 Å². The lowest BCUT2D eigenvalue weighted by molar-refractivity contribution is 0.0960. The average molecular weight is 227 g/mol. The fourth-order valence-corrected chi connectivity index (χ4v) is 1.80. The predicted octanol–water partition coefficient (Wildman–Crippen LogP) is 2.79. The van der Waals surface area contributed by atoms with Crippen molar-refractivity contribution < 1.29 is 9.52 Å². The van der Waals surface area contributed by atoms with Gasteiger partial charge in [-0.1, -0.05) is 30.3 Å². The largest absolute Gasteiger partial charge is 0.467 e. The molecular weight excluding hydrogens is 214 g/mol. The molecule has 0 unspecified atom stereocenters. The number of hydrogen-bond donors (Lipinski definition) is 1. The van der Waals surface area contributed by atoms with Gasteiger partial charge in [0, 0.05) is 0 Å². The Balaban J connectivity index is 2.43. The topological polar surface area (TPSA) is 57.2 Å². The molecular formula is C14H13NO2. The van der Waals surface area contributed by atoms with E-state index in [0.717, 1.165) is 5.56 Å². The molecule has 1 aromatic carbocycles. The number of benzene rings is 1. The minimum atomic E-state index is -1.01. The highest BCUT2D eigenvalue weighted by Crippen LogP contribution is 2.36. The lowest BCUT2D eigenvalue weighted by Crippen LogP contribution is -2.28. The normalized spacial score (nSPS) is 15.8. The number of aliphatic hydroxyl groups is 1. The molecule has 0 bridgehead atoms. The van der Waals surface area contributed by atoms with Crippen molar-refractivity contribution in [3.05, 3.63) is 60.1 Å². The number of nitrogens with zero attached hydrogens (tertiary/aromatic N) is 1. The molecule has 0 aliphatic rings. The van der Waals surface area contributed by atoms with Gasteiger partial charge in [-0.05, 0) is 24.6 Å². The highest BCUT2D eigenvalue weighted by atomic mass is 16.4. The van der Waals surface area contributed by atoms with E-state index in [2.05, 4.69) is 6.07 Å². The van der Waals surface area contributed by atoms with E-state index in [-0.39, 0.29) is 0 Å². The minimum absolute atomic E-state index is 0.401. The summed E-state index contributed by atoms with van der Waals surface area (Å²) < 4.78 is 5.16. The maximum Gasteiger partial charge on any atom is 0.134 e. The van der Waals surface area contributed by atoms with E-state index in [9.17, 15) is 10.4 Å². The van der Waals surface area contributed by atoms with Crippen LogP contribution in [0.15, 0.2) is 53.1 Å². The molecule has 0 saturated carbocycles. The van der Waals surface area contributed by atoms with Crippen LogP contribution in [0.25, 0.3) is 0 Å². The van der Waals surface area contributed by atoms with Crippen LogP contribution in [0, 0.1) is 11.3 Å². The second-order valence-corrected chi connectivity index (χ2v) is 4.10. The highest BCUT2D eigenvalue weighted by molar-refractivity contribution is 5.34. The molecule has 1 aromatic heterocycles. The van der Waals surface area contributed by atoms with Gasteiger partial charge in [0.05, 0.1) is 12.3 Å². The lowest BCUT2D eigenvalue weighted by Gasteiger charge is -2.26. The van der Waals surface area contributed by atoms with Gasteiger partial charge in [-0.2, -0.15) is 5.26 Å². The van der Waals surface area contributed by atoms with Crippen molar-refractivity contribution in [2.24, 2.45) is 0 Å². The molecule has 2 atom stereocenters. The quantitative estimate of drug-likeness (QED) is 0.877. The summed E-state index contributed by atoms with van der Waals surface area (Å²) in [6.45, 7) is 1.70. The molecule has 1 heterocycles. The summed E-state index contributed by atoms with van der Waals surface area (Å²) in [4.78, 5) is 0. The number of aliphatic hydroxyl groups excluding tert-OH is 1. The van der Waals surface area contributed by atoms with Crippen LogP contribution in [-0.4, -0.2) is 5.11 Å². The van der Waals surface area contributed by atoms with Crippen LogP contribution < -0.4 is 0 Å². The zero-order valence-corrected chi connectivity index (χ0v) is 9.50. The molecule has 0 aliphatic heterocycles. The molecule has 0 saturated heterocycles. The lowest BCUT2D eigenvalue weighted by atomic mass is 9.78. The Morgan fingerprint density at radius 3 is 2.47 bits per heavy atom. The first-order valence-electron chi connectivity index (χ1n) is 5.37. The number of furan rings is 1. The summed E-state index contributed by atoms with van der Waals surface area (Å²) in [6, 6.07) is 14.8. The van der Waals surface area contributed by atoms with Gasteiger partial charge in [-0.3, -0.25) is 0 Å². The molecule has 0 amide bonds. The Hall–Kier alpha value is -2.05. The first-order valence-corrected chi connectivity index (χ1v) is 5.37. The van der Waals surface area contributed by atoms with E-state index in [1.807, 2.05) is 30.3 Å². The van der Waals surface area contributed by atoms with E-state index >= 15 is 0 Å². The summed E-state index contributed by atoms with van der Waals surface area (Å²) in [5, 5.41) is 19.6. The predicted molar refractivity (Wildman–Crippen MR) is 63.1 cm³/mol. The van der Waals surface area contributed by atoms with Gasteiger partial charge in [0.1, 0.15) is 17.3 Å². The zero-order chi connectivity index (χ0) is 12.3. The van der Waals surface area contributed by atoms with Crippen molar-refractivity contribution in [2.75, 3.05) is 0 Å². The van der Waals surface area contributed by atoms with E-state index in [1.54, 1.807) is 19.1 Å². The number of rotatable bonds is 3. The number of hydrogen-bond acceptors (Lipinski definition) is 3. The van der Waals surface area contributed by atoms with E-state index < -0.39 is 11.5 Å². The van der Waals surface area contributed by atoms with Crippen LogP contribution in [0.1, 0.15) is 24.4 Å². The smallest absolute Gasteiger partial charge is 0.134 e. The SMILES string of the molecule is C[C@](C#N)(c1ccccc1)[C@H](O)c1ccco1. The second kappa shape index (κ2) is 4.44. The third kappa shape index (κ3) is 1.95. The monoisotopic (exact) mass is 227 g/mol. The fraction of sp³-hybridized carbons (Fsp3) is 0.214. The molecule has 17 heavy (non-hydrogen) atoms. The van der Waals surface area contributed by atoms with Crippen molar-refractivity contribution in [2.45, 2.75) is 18.4 Å². The van der Waals surface area contributed by atoms with Gasteiger partial charge in [0.15, 0.2) is 0 Å². The van der Waals surface area contributed by atoms with Gasteiger partial charge in [-0.25, -0.2) is 0 Å². The van der Waals surface area contributed by atoms with Gasteiger partial charge in [0.2, 0.25) is 0 Å². The summed E-state index contributed by atoms with van der Waals surface area (Å²) in [5.74, 6) is 0.401. The third-order valence-electron chi connectivity index (χ3n) is 2.97. The average Bonchev–Trinajstić information content (AvgIpc) is 2.92. The Morgan fingerprint density at radius 2 is 1.94 bits per heavy atom. The standard InChI is InChI=1S/C14H13NO2/c1-14(10-15,11-6-3-2-4-7-11)13(16)12-8-5-9-17-12/h2-9,13,16H,1H3/t13-,14+/m1/s1. The first-order chi connectivity index (χ1) is 8.18. The van der Waals surface area contributed by atoms with Gasteiger partial charge in [0.25, 0.3) is 0 Å². The molecule has 86 valence electrons. The molecule has 2 rings (SSSR count). The molecule has 3 nitrogen and oxygen atoms in total. The summed E-state index contributed by atoms with van der Waals surface area (Å²) in [5.41, 5.74) is -0.245. The highest BCUT2D eigenvalue weighted by Gasteiger charge is 2.37. The molecule has 1 N–H and O–H groups in total. The molecule has 0 radical (unpaired) electrons. The Labute approximate surface area is 99.9 Å². The second-order valence-electron chi connectivity index (χ2n) is 4.10. The van der Waals surface area contributed by atoms with E-state index in [4.69, 9.17) is 4.42 Å². The van der Waals surface area contributed by atoms with Crippen LogP contribution in [-0.2, 0) is 5.41 Å². The minimum Gasteiger partial charge on any atom is -0.467 e. The summed E-state index contributed by atoms with van der Waals surface area (Å²) in [7, 11) is 0. The Kier molecular flexibility index (Phi) is 2.99. The Morgan fingerprint density at radius 1 is 1.24 bits per heavy atom. The van der Waals surface area contributed by atoms with Gasteiger partial charge >= 0.3 is 0 Å². The van der Waals surface area contributed by atoms with Crippen molar-refractivity contribution in [3.8, 4) is 6.07 Å². The van der Waals surface area contributed by atoms with Gasteiger partial charge < -0.3 is 9.52 Å². The van der Waals surface area contributed by atoms with Crippen molar-refractivity contribution in [1.29, 1.82) is 5.26 Å².